The lowest BCUT2D eigenvalue weighted by atomic mass is 9.79. The van der Waals surface area contributed by atoms with Crippen LogP contribution in [0.15, 0.2) is 0 Å². The van der Waals surface area contributed by atoms with Gasteiger partial charge in [0.05, 0.1) is 12.0 Å². The Kier molecular flexibility index (Phi) is 5.40. The first-order valence-corrected chi connectivity index (χ1v) is 7.85. The molecular formula is C15H26N2O3. The summed E-state index contributed by atoms with van der Waals surface area (Å²) in [6.07, 6.45) is 8.04. The Morgan fingerprint density at radius 2 is 1.70 bits per heavy atom. The summed E-state index contributed by atoms with van der Waals surface area (Å²) in [5.41, 5.74) is 6.00. The van der Waals surface area contributed by atoms with Crippen molar-refractivity contribution in [2.24, 2.45) is 23.5 Å². The zero-order valence-electron chi connectivity index (χ0n) is 12.0. The van der Waals surface area contributed by atoms with Gasteiger partial charge in [-0.2, -0.15) is 0 Å². The Morgan fingerprint density at radius 3 is 2.35 bits per heavy atom. The molecular weight excluding hydrogens is 256 g/mol. The normalized spacial score (nSPS) is 29.1. The maximum atomic E-state index is 12.1. The van der Waals surface area contributed by atoms with E-state index in [2.05, 4.69) is 5.32 Å². The first-order valence-electron chi connectivity index (χ1n) is 7.85. The number of nitrogens with two attached hydrogens (primary N) is 1. The molecule has 0 spiro atoms. The highest BCUT2D eigenvalue weighted by molar-refractivity contribution is 5.82. The monoisotopic (exact) mass is 282 g/mol. The van der Waals surface area contributed by atoms with Crippen molar-refractivity contribution < 1.29 is 14.7 Å². The smallest absolute Gasteiger partial charge is 0.306 e. The van der Waals surface area contributed by atoms with Gasteiger partial charge in [0, 0.05) is 6.54 Å². The Labute approximate surface area is 120 Å². The van der Waals surface area contributed by atoms with Crippen molar-refractivity contribution in [3.05, 3.63) is 0 Å². The molecule has 0 saturated heterocycles. The summed E-state index contributed by atoms with van der Waals surface area (Å²) in [6.45, 7) is 0.455. The Hall–Kier alpha value is -1.10. The van der Waals surface area contributed by atoms with Crippen LogP contribution in [0.25, 0.3) is 0 Å². The number of hydrogen-bond donors (Lipinski definition) is 3. The van der Waals surface area contributed by atoms with Crippen molar-refractivity contribution in [1.82, 2.24) is 5.32 Å². The van der Waals surface area contributed by atoms with Gasteiger partial charge in [0.15, 0.2) is 0 Å². The molecule has 0 aromatic carbocycles. The maximum absolute atomic E-state index is 12.1. The second kappa shape index (κ2) is 7.07. The van der Waals surface area contributed by atoms with E-state index in [-0.39, 0.29) is 17.7 Å². The second-order valence-electron chi connectivity index (χ2n) is 6.30. The lowest BCUT2D eigenvalue weighted by molar-refractivity contribution is -0.145. The zero-order valence-corrected chi connectivity index (χ0v) is 12.0. The van der Waals surface area contributed by atoms with Crippen molar-refractivity contribution in [2.45, 2.75) is 57.4 Å². The van der Waals surface area contributed by atoms with Gasteiger partial charge < -0.3 is 16.2 Å². The number of carboxylic acid groups (broad SMARTS) is 1. The fraction of sp³-hybridized carbons (Fsp3) is 0.867. The Balaban J connectivity index is 1.80. The van der Waals surface area contributed by atoms with Gasteiger partial charge in [-0.15, -0.1) is 0 Å². The van der Waals surface area contributed by atoms with E-state index in [1.165, 1.54) is 0 Å². The van der Waals surface area contributed by atoms with E-state index in [0.717, 1.165) is 51.4 Å². The van der Waals surface area contributed by atoms with E-state index in [0.29, 0.717) is 12.5 Å². The summed E-state index contributed by atoms with van der Waals surface area (Å²) in [4.78, 5) is 23.3. The van der Waals surface area contributed by atoms with Gasteiger partial charge in [-0.25, -0.2) is 0 Å². The predicted octanol–water partition coefficient (Wildman–Crippen LogP) is 1.51. The zero-order chi connectivity index (χ0) is 14.5. The molecule has 0 radical (unpaired) electrons. The number of carbonyl (C=O) groups excluding carboxylic acids is 1. The standard InChI is InChI=1S/C15H26N2O3/c16-13(10-5-1-2-6-10)14(18)17-9-11-7-3-4-8-12(11)15(19)20/h10-13H,1-9,16H2,(H,17,18)(H,19,20)/t11-,12?,13-/m0/s1. The number of carbonyl (C=O) groups is 2. The van der Waals surface area contributed by atoms with Crippen molar-refractivity contribution in [3.63, 3.8) is 0 Å². The highest BCUT2D eigenvalue weighted by Gasteiger charge is 2.32. The maximum Gasteiger partial charge on any atom is 0.306 e. The number of nitrogens with one attached hydrogen (secondary N) is 1. The van der Waals surface area contributed by atoms with Crippen molar-refractivity contribution >= 4 is 11.9 Å². The minimum absolute atomic E-state index is 0.0565. The largest absolute Gasteiger partial charge is 0.481 e. The van der Waals surface area contributed by atoms with Crippen LogP contribution in [0.2, 0.25) is 0 Å². The Morgan fingerprint density at radius 1 is 1.10 bits per heavy atom. The third-order valence-electron chi connectivity index (χ3n) is 4.98. The number of aliphatic carboxylic acids is 1. The molecule has 1 amide bonds. The first-order chi connectivity index (χ1) is 9.59. The van der Waals surface area contributed by atoms with Crippen molar-refractivity contribution in [1.29, 1.82) is 0 Å². The second-order valence-corrected chi connectivity index (χ2v) is 6.30. The lowest BCUT2D eigenvalue weighted by Crippen LogP contribution is -2.47. The molecule has 5 heteroatoms. The summed E-state index contributed by atoms with van der Waals surface area (Å²) < 4.78 is 0. The molecule has 5 nitrogen and oxygen atoms in total. The van der Waals surface area contributed by atoms with Gasteiger partial charge in [-0.3, -0.25) is 9.59 Å². The van der Waals surface area contributed by atoms with E-state index in [4.69, 9.17) is 5.73 Å². The fourth-order valence-electron chi connectivity index (χ4n) is 3.66. The molecule has 2 rings (SSSR count). The molecule has 4 N–H and O–H groups in total. The van der Waals surface area contributed by atoms with Crippen molar-refractivity contribution in [2.75, 3.05) is 6.54 Å². The summed E-state index contributed by atoms with van der Waals surface area (Å²) in [6, 6.07) is -0.427. The van der Waals surface area contributed by atoms with E-state index < -0.39 is 12.0 Å². The molecule has 2 saturated carbocycles. The molecule has 2 aliphatic rings. The van der Waals surface area contributed by atoms with Crippen LogP contribution in [0, 0.1) is 17.8 Å². The molecule has 0 aromatic rings. The number of carboxylic acids is 1. The molecule has 2 fully saturated rings. The summed E-state index contributed by atoms with van der Waals surface area (Å²) >= 11 is 0. The molecule has 0 aromatic heterocycles. The number of amides is 1. The molecule has 114 valence electrons. The molecule has 3 atom stereocenters. The summed E-state index contributed by atoms with van der Waals surface area (Å²) in [5.74, 6) is -0.792. The van der Waals surface area contributed by atoms with Crippen LogP contribution in [0.3, 0.4) is 0 Å². The molecule has 1 unspecified atom stereocenters. The SMILES string of the molecule is N[C@H](C(=O)NC[C@@H]1CCCCC1C(=O)O)C1CCCC1. The minimum Gasteiger partial charge on any atom is -0.481 e. The van der Waals surface area contributed by atoms with Crippen molar-refractivity contribution in [3.8, 4) is 0 Å². The van der Waals surface area contributed by atoms with Crippen LogP contribution >= 0.6 is 0 Å². The average Bonchev–Trinajstić information content (AvgIpc) is 2.98. The molecule has 0 aliphatic heterocycles. The van der Waals surface area contributed by atoms with Crippen LogP contribution in [0.5, 0.6) is 0 Å². The third-order valence-corrected chi connectivity index (χ3v) is 4.98. The van der Waals surface area contributed by atoms with Crippen LogP contribution in [0.1, 0.15) is 51.4 Å². The molecule has 2 aliphatic carbocycles. The van der Waals surface area contributed by atoms with Gasteiger partial charge in [0.2, 0.25) is 5.91 Å². The molecule has 0 heterocycles. The van der Waals surface area contributed by atoms with Crippen LogP contribution in [0.4, 0.5) is 0 Å². The van der Waals surface area contributed by atoms with Crippen LogP contribution in [-0.2, 0) is 9.59 Å². The van der Waals surface area contributed by atoms with E-state index >= 15 is 0 Å². The molecule has 0 bridgehead atoms. The average molecular weight is 282 g/mol. The Bertz CT molecular complexity index is 353. The van der Waals surface area contributed by atoms with Gasteiger partial charge in [-0.1, -0.05) is 25.7 Å². The first kappa shape index (κ1) is 15.3. The number of rotatable bonds is 5. The van der Waals surface area contributed by atoms with E-state index in [9.17, 15) is 14.7 Å². The van der Waals surface area contributed by atoms with Crippen LogP contribution < -0.4 is 11.1 Å². The quantitative estimate of drug-likeness (QED) is 0.712. The molecule has 20 heavy (non-hydrogen) atoms. The lowest BCUT2D eigenvalue weighted by Gasteiger charge is -2.29. The van der Waals surface area contributed by atoms with E-state index in [1.807, 2.05) is 0 Å². The summed E-state index contributed by atoms with van der Waals surface area (Å²) in [7, 11) is 0. The highest BCUT2D eigenvalue weighted by Crippen LogP contribution is 2.30. The predicted molar refractivity (Wildman–Crippen MR) is 76.0 cm³/mol. The highest BCUT2D eigenvalue weighted by atomic mass is 16.4. The van der Waals surface area contributed by atoms with Gasteiger partial charge in [-0.05, 0) is 37.5 Å². The number of hydrogen-bond acceptors (Lipinski definition) is 3. The fourth-order valence-corrected chi connectivity index (χ4v) is 3.66. The third kappa shape index (κ3) is 3.72. The topological polar surface area (TPSA) is 92.4 Å². The summed E-state index contributed by atoms with van der Waals surface area (Å²) in [5, 5.41) is 12.1. The van der Waals surface area contributed by atoms with E-state index in [1.54, 1.807) is 0 Å². The van der Waals surface area contributed by atoms with Gasteiger partial charge in [0.1, 0.15) is 0 Å². The minimum atomic E-state index is -0.732. The van der Waals surface area contributed by atoms with Crippen LogP contribution in [-0.4, -0.2) is 29.6 Å². The van der Waals surface area contributed by atoms with Gasteiger partial charge in [0.25, 0.3) is 0 Å². The van der Waals surface area contributed by atoms with Gasteiger partial charge >= 0.3 is 5.97 Å².